The first-order valence-corrected chi connectivity index (χ1v) is 6.31. The second-order valence-electron chi connectivity index (χ2n) is 4.52. The van der Waals surface area contributed by atoms with Gasteiger partial charge >= 0.3 is 11.9 Å². The van der Waals surface area contributed by atoms with E-state index >= 15 is 0 Å². The van der Waals surface area contributed by atoms with Gasteiger partial charge in [-0.1, -0.05) is 0 Å². The van der Waals surface area contributed by atoms with Crippen LogP contribution in [0.15, 0.2) is 0 Å². The van der Waals surface area contributed by atoms with Gasteiger partial charge in [-0.25, -0.2) is 0 Å². The summed E-state index contributed by atoms with van der Waals surface area (Å²) in [4.78, 5) is 22.1. The monoisotopic (exact) mass is 290 g/mol. The molecular weight excluding hydrogens is 272 g/mol. The Hall–Kier alpha value is -1.22. The molecule has 2 aliphatic rings. The molecule has 8 nitrogen and oxygen atoms in total. The van der Waals surface area contributed by atoms with E-state index in [-0.39, 0.29) is 26.3 Å². The lowest BCUT2D eigenvalue weighted by molar-refractivity contribution is -0.315. The molecule has 2 heterocycles. The standard InChI is InChI=1S/C12H18O8/c1-7(13)16-4-10(20-8(2)14)12-11-9(17-6-19-12)3-15-5-18-11/h9-12H,3-6H2,1-2H3/t9-,10-,11+,12+/m1/s1. The summed E-state index contributed by atoms with van der Waals surface area (Å²) < 4.78 is 31.5. The van der Waals surface area contributed by atoms with Gasteiger partial charge in [0.2, 0.25) is 0 Å². The molecule has 2 rings (SSSR count). The summed E-state index contributed by atoms with van der Waals surface area (Å²) in [6.07, 6.45) is -2.04. The molecule has 0 aromatic rings. The van der Waals surface area contributed by atoms with Crippen molar-refractivity contribution in [2.75, 3.05) is 26.8 Å². The molecule has 0 spiro atoms. The second-order valence-corrected chi connectivity index (χ2v) is 4.52. The third-order valence-corrected chi connectivity index (χ3v) is 2.99. The Bertz CT molecular complexity index is 355. The molecule has 2 saturated heterocycles. The average molecular weight is 290 g/mol. The van der Waals surface area contributed by atoms with Crippen molar-refractivity contribution in [3.8, 4) is 0 Å². The Balaban J connectivity index is 2.04. The lowest BCUT2D eigenvalue weighted by Gasteiger charge is -2.42. The zero-order chi connectivity index (χ0) is 14.5. The Labute approximate surface area is 116 Å². The number of rotatable bonds is 4. The van der Waals surface area contributed by atoms with Gasteiger partial charge in [-0.3, -0.25) is 9.59 Å². The number of hydrogen-bond acceptors (Lipinski definition) is 8. The largest absolute Gasteiger partial charge is 0.462 e. The van der Waals surface area contributed by atoms with Crippen molar-refractivity contribution in [1.29, 1.82) is 0 Å². The number of hydrogen-bond donors (Lipinski definition) is 0. The van der Waals surface area contributed by atoms with Crippen LogP contribution in [-0.2, 0) is 38.0 Å². The van der Waals surface area contributed by atoms with Gasteiger partial charge in [-0.2, -0.15) is 0 Å². The maximum Gasteiger partial charge on any atom is 0.303 e. The summed E-state index contributed by atoms with van der Waals surface area (Å²) in [6, 6.07) is 0. The predicted octanol–water partition coefficient (Wildman–Crippen LogP) is -0.404. The van der Waals surface area contributed by atoms with Crippen LogP contribution in [0.1, 0.15) is 13.8 Å². The van der Waals surface area contributed by atoms with Crippen LogP contribution in [0.4, 0.5) is 0 Å². The molecular formula is C12H18O8. The highest BCUT2D eigenvalue weighted by molar-refractivity contribution is 5.67. The molecule has 0 radical (unpaired) electrons. The quantitative estimate of drug-likeness (QED) is 0.646. The first kappa shape index (κ1) is 15.2. The van der Waals surface area contributed by atoms with Crippen LogP contribution in [0.25, 0.3) is 0 Å². The van der Waals surface area contributed by atoms with Crippen molar-refractivity contribution in [3.05, 3.63) is 0 Å². The topological polar surface area (TPSA) is 89.5 Å². The molecule has 20 heavy (non-hydrogen) atoms. The fourth-order valence-corrected chi connectivity index (χ4v) is 2.17. The van der Waals surface area contributed by atoms with E-state index in [0.29, 0.717) is 6.61 Å². The third kappa shape index (κ3) is 3.89. The van der Waals surface area contributed by atoms with Crippen molar-refractivity contribution < 1.29 is 38.0 Å². The molecule has 0 aromatic carbocycles. The van der Waals surface area contributed by atoms with Gasteiger partial charge in [0.1, 0.15) is 38.5 Å². The number of esters is 2. The van der Waals surface area contributed by atoms with Gasteiger partial charge in [0, 0.05) is 13.8 Å². The zero-order valence-electron chi connectivity index (χ0n) is 11.4. The molecule has 0 bridgehead atoms. The van der Waals surface area contributed by atoms with Gasteiger partial charge in [0.05, 0.1) is 6.61 Å². The Kier molecular flexibility index (Phi) is 5.30. The summed E-state index contributed by atoms with van der Waals surface area (Å²) in [5, 5.41) is 0. The maximum absolute atomic E-state index is 11.2. The van der Waals surface area contributed by atoms with Crippen LogP contribution in [0.5, 0.6) is 0 Å². The van der Waals surface area contributed by atoms with Crippen LogP contribution in [0.3, 0.4) is 0 Å². The second kappa shape index (κ2) is 6.98. The lowest BCUT2D eigenvalue weighted by Crippen LogP contribution is -2.58. The highest BCUT2D eigenvalue weighted by Crippen LogP contribution is 2.25. The normalized spacial score (nSPS) is 31.0. The molecule has 0 saturated carbocycles. The van der Waals surface area contributed by atoms with Gasteiger partial charge < -0.3 is 28.4 Å². The van der Waals surface area contributed by atoms with Crippen LogP contribution < -0.4 is 0 Å². The number of carbonyl (C=O) groups excluding carboxylic acids is 2. The first-order chi connectivity index (χ1) is 9.58. The summed E-state index contributed by atoms with van der Waals surface area (Å²) in [7, 11) is 0. The van der Waals surface area contributed by atoms with Gasteiger partial charge in [0.25, 0.3) is 0 Å². The van der Waals surface area contributed by atoms with E-state index in [4.69, 9.17) is 28.4 Å². The zero-order valence-corrected chi connectivity index (χ0v) is 11.4. The fraction of sp³-hybridized carbons (Fsp3) is 0.833. The number of fused-ring (bicyclic) bond motifs is 1. The van der Waals surface area contributed by atoms with Crippen LogP contribution in [0.2, 0.25) is 0 Å². The van der Waals surface area contributed by atoms with E-state index < -0.39 is 30.3 Å². The Morgan fingerprint density at radius 1 is 1.15 bits per heavy atom. The summed E-state index contributed by atoms with van der Waals surface area (Å²) in [5.74, 6) is -0.945. The third-order valence-electron chi connectivity index (χ3n) is 2.99. The highest BCUT2D eigenvalue weighted by Gasteiger charge is 2.44. The van der Waals surface area contributed by atoms with Crippen molar-refractivity contribution >= 4 is 11.9 Å². The van der Waals surface area contributed by atoms with Crippen molar-refractivity contribution in [3.63, 3.8) is 0 Å². The lowest BCUT2D eigenvalue weighted by atomic mass is 10.0. The number of carbonyl (C=O) groups is 2. The first-order valence-electron chi connectivity index (χ1n) is 6.31. The molecule has 0 N–H and O–H groups in total. The van der Waals surface area contributed by atoms with Crippen molar-refractivity contribution in [2.45, 2.75) is 38.3 Å². The summed E-state index contributed by atoms with van der Waals surface area (Å²) in [5.41, 5.74) is 0. The molecule has 0 unspecified atom stereocenters. The van der Waals surface area contributed by atoms with E-state index in [0.717, 1.165) is 0 Å². The van der Waals surface area contributed by atoms with E-state index in [9.17, 15) is 9.59 Å². The van der Waals surface area contributed by atoms with Gasteiger partial charge in [-0.15, -0.1) is 0 Å². The van der Waals surface area contributed by atoms with E-state index in [1.54, 1.807) is 0 Å². The van der Waals surface area contributed by atoms with Crippen LogP contribution in [0, 0.1) is 0 Å². The van der Waals surface area contributed by atoms with Crippen LogP contribution >= 0.6 is 0 Å². The smallest absolute Gasteiger partial charge is 0.303 e. The minimum Gasteiger partial charge on any atom is -0.462 e. The molecule has 0 aromatic heterocycles. The molecule has 0 aliphatic carbocycles. The molecule has 2 fully saturated rings. The van der Waals surface area contributed by atoms with Crippen molar-refractivity contribution in [2.24, 2.45) is 0 Å². The summed E-state index contributed by atoms with van der Waals surface area (Å²) >= 11 is 0. The van der Waals surface area contributed by atoms with Gasteiger partial charge in [0.15, 0.2) is 6.10 Å². The highest BCUT2D eigenvalue weighted by atomic mass is 16.8. The van der Waals surface area contributed by atoms with E-state index in [2.05, 4.69) is 0 Å². The predicted molar refractivity (Wildman–Crippen MR) is 62.5 cm³/mol. The van der Waals surface area contributed by atoms with E-state index in [1.807, 2.05) is 0 Å². The summed E-state index contributed by atoms with van der Waals surface area (Å²) in [6.45, 7) is 3.00. The van der Waals surface area contributed by atoms with Crippen LogP contribution in [-0.4, -0.2) is 63.2 Å². The molecule has 2 aliphatic heterocycles. The minimum atomic E-state index is -0.745. The van der Waals surface area contributed by atoms with E-state index in [1.165, 1.54) is 13.8 Å². The molecule has 8 heteroatoms. The molecule has 0 amide bonds. The van der Waals surface area contributed by atoms with Crippen molar-refractivity contribution in [1.82, 2.24) is 0 Å². The Morgan fingerprint density at radius 3 is 2.65 bits per heavy atom. The SMILES string of the molecule is CC(=O)OC[C@@H](OC(C)=O)[C@@H]1OCO[C@@H]2COCO[C@H]12. The fourth-order valence-electron chi connectivity index (χ4n) is 2.17. The average Bonchev–Trinajstić information content (AvgIpc) is 2.42. The number of ether oxygens (including phenoxy) is 6. The molecule has 114 valence electrons. The molecule has 4 atom stereocenters. The minimum absolute atomic E-state index is 0.0381. The Morgan fingerprint density at radius 2 is 1.95 bits per heavy atom. The van der Waals surface area contributed by atoms with Gasteiger partial charge in [-0.05, 0) is 0 Å². The maximum atomic E-state index is 11.2.